The highest BCUT2D eigenvalue weighted by atomic mass is 16.6. The Kier molecular flexibility index (Phi) is 5.93. The lowest BCUT2D eigenvalue weighted by atomic mass is 10.2. The molecule has 1 saturated heterocycles. The highest BCUT2D eigenvalue weighted by Crippen LogP contribution is 2.18. The summed E-state index contributed by atoms with van der Waals surface area (Å²) in [6.45, 7) is 0.892. The molecule has 1 fully saturated rings. The maximum Gasteiger partial charge on any atom is 0.419 e. The third-order valence-corrected chi connectivity index (χ3v) is 3.49. The Morgan fingerprint density at radius 2 is 1.88 bits per heavy atom. The summed E-state index contributed by atoms with van der Waals surface area (Å²) in [5.74, 6) is -2.05. The van der Waals surface area contributed by atoms with Gasteiger partial charge in [-0.2, -0.15) is 0 Å². The van der Waals surface area contributed by atoms with Gasteiger partial charge in [-0.3, -0.25) is 4.79 Å². The Morgan fingerprint density at radius 3 is 2.48 bits per heavy atom. The van der Waals surface area contributed by atoms with E-state index in [4.69, 9.17) is 9.47 Å². The molecular weight excluding hydrogens is 332 g/mol. The van der Waals surface area contributed by atoms with Gasteiger partial charge in [0.15, 0.2) is 6.04 Å². The minimum absolute atomic E-state index is 0.104. The first-order chi connectivity index (χ1) is 11.9. The lowest BCUT2D eigenvalue weighted by Gasteiger charge is -2.18. The van der Waals surface area contributed by atoms with Gasteiger partial charge < -0.3 is 19.5 Å². The molecule has 1 atom stereocenters. The second-order valence-corrected chi connectivity index (χ2v) is 5.23. The second kappa shape index (κ2) is 8.13. The van der Waals surface area contributed by atoms with Crippen LogP contribution in [0.2, 0.25) is 0 Å². The smallest absolute Gasteiger partial charge is 0.419 e. The number of ether oxygens (including phenoxy) is 2. The van der Waals surface area contributed by atoms with Gasteiger partial charge in [0.05, 0.1) is 13.2 Å². The number of amides is 3. The van der Waals surface area contributed by atoms with Gasteiger partial charge in [-0.05, 0) is 12.5 Å². The van der Waals surface area contributed by atoms with E-state index in [9.17, 15) is 24.3 Å². The minimum atomic E-state index is -1.43. The van der Waals surface area contributed by atoms with E-state index in [2.05, 4.69) is 0 Å². The number of carboxylic acids is 1. The fraction of sp³-hybridized carbons (Fsp3) is 0.375. The summed E-state index contributed by atoms with van der Waals surface area (Å²) in [7, 11) is 0. The van der Waals surface area contributed by atoms with Crippen LogP contribution in [0.15, 0.2) is 30.3 Å². The first-order valence-electron chi connectivity index (χ1n) is 7.61. The average Bonchev–Trinajstić information content (AvgIpc) is 2.91. The summed E-state index contributed by atoms with van der Waals surface area (Å²) >= 11 is 0. The van der Waals surface area contributed by atoms with Crippen molar-refractivity contribution in [2.75, 3.05) is 19.7 Å². The number of benzene rings is 1. The third-order valence-electron chi connectivity index (χ3n) is 3.49. The largest absolute Gasteiger partial charge is 0.480 e. The van der Waals surface area contributed by atoms with E-state index in [0.717, 1.165) is 4.90 Å². The number of carbonyl (C=O) groups is 4. The van der Waals surface area contributed by atoms with Crippen LogP contribution < -0.4 is 0 Å². The van der Waals surface area contributed by atoms with Crippen molar-refractivity contribution in [2.45, 2.75) is 19.6 Å². The Bertz CT molecular complexity index is 662. The number of carbonyl (C=O) groups excluding carboxylic acids is 3. The number of imide groups is 1. The van der Waals surface area contributed by atoms with Crippen molar-refractivity contribution in [3.8, 4) is 0 Å². The Labute approximate surface area is 143 Å². The number of carboxylic acid groups (broad SMARTS) is 1. The molecule has 3 amide bonds. The van der Waals surface area contributed by atoms with Crippen LogP contribution >= 0.6 is 0 Å². The molecule has 25 heavy (non-hydrogen) atoms. The zero-order valence-electron chi connectivity index (χ0n) is 13.6. The van der Waals surface area contributed by atoms with Gasteiger partial charge in [-0.1, -0.05) is 30.3 Å². The van der Waals surface area contributed by atoms with Crippen LogP contribution in [0, 0.1) is 0 Å². The Balaban J connectivity index is 2.05. The topological polar surface area (TPSA) is 113 Å². The molecule has 1 heterocycles. The standard InChI is InChI=1S/C16H18N2O7/c1-2-24-13(19)9-17-8-12(14(20)21)18(15(17)22)16(23)25-10-11-6-4-3-5-7-11/h3-7,12H,2,8-10H2,1H3,(H,20,21)/t12-/m0/s1. The highest BCUT2D eigenvalue weighted by Gasteiger charge is 2.46. The van der Waals surface area contributed by atoms with Crippen LogP contribution in [0.5, 0.6) is 0 Å². The SMILES string of the molecule is CCOC(=O)CN1C[C@@H](C(=O)O)N(C(=O)OCc2ccccc2)C1=O. The van der Waals surface area contributed by atoms with Gasteiger partial charge in [0.2, 0.25) is 0 Å². The van der Waals surface area contributed by atoms with Crippen molar-refractivity contribution in [3.05, 3.63) is 35.9 Å². The number of urea groups is 1. The van der Waals surface area contributed by atoms with E-state index in [1.54, 1.807) is 37.3 Å². The molecule has 0 aromatic heterocycles. The fourth-order valence-corrected chi connectivity index (χ4v) is 2.33. The Morgan fingerprint density at radius 1 is 1.20 bits per heavy atom. The van der Waals surface area contributed by atoms with Gasteiger partial charge in [-0.15, -0.1) is 0 Å². The van der Waals surface area contributed by atoms with E-state index in [1.165, 1.54) is 0 Å². The molecule has 0 bridgehead atoms. The second-order valence-electron chi connectivity index (χ2n) is 5.23. The molecule has 1 aromatic rings. The molecule has 0 saturated carbocycles. The van der Waals surface area contributed by atoms with E-state index in [-0.39, 0.29) is 19.8 Å². The molecule has 0 radical (unpaired) electrons. The van der Waals surface area contributed by atoms with Gasteiger partial charge in [0, 0.05) is 0 Å². The number of esters is 1. The number of aliphatic carboxylic acids is 1. The van der Waals surface area contributed by atoms with Crippen LogP contribution in [-0.4, -0.2) is 64.7 Å². The molecule has 9 nitrogen and oxygen atoms in total. The molecule has 2 rings (SSSR count). The molecule has 1 N–H and O–H groups in total. The maximum atomic E-state index is 12.3. The quantitative estimate of drug-likeness (QED) is 0.764. The van der Waals surface area contributed by atoms with Crippen LogP contribution in [0.3, 0.4) is 0 Å². The molecule has 0 spiro atoms. The minimum Gasteiger partial charge on any atom is -0.480 e. The molecule has 1 aromatic carbocycles. The zero-order chi connectivity index (χ0) is 18.4. The molecular formula is C16H18N2O7. The number of hydrogen-bond acceptors (Lipinski definition) is 6. The maximum absolute atomic E-state index is 12.3. The van der Waals surface area contributed by atoms with E-state index >= 15 is 0 Å². The van der Waals surface area contributed by atoms with E-state index in [0.29, 0.717) is 10.5 Å². The number of rotatable bonds is 6. The third kappa shape index (κ3) is 4.46. The van der Waals surface area contributed by atoms with Crippen LogP contribution in [0.4, 0.5) is 9.59 Å². The van der Waals surface area contributed by atoms with Crippen LogP contribution in [0.1, 0.15) is 12.5 Å². The lowest BCUT2D eigenvalue weighted by molar-refractivity contribution is -0.144. The lowest BCUT2D eigenvalue weighted by Crippen LogP contribution is -2.44. The van der Waals surface area contributed by atoms with Crippen molar-refractivity contribution in [1.29, 1.82) is 0 Å². The normalized spacial score (nSPS) is 16.7. The number of nitrogens with zero attached hydrogens (tertiary/aromatic N) is 2. The molecule has 134 valence electrons. The summed E-state index contributed by atoms with van der Waals surface area (Å²) in [6.07, 6.45) is -1.08. The molecule has 0 aliphatic carbocycles. The number of hydrogen-bond donors (Lipinski definition) is 1. The van der Waals surface area contributed by atoms with Crippen molar-refractivity contribution in [1.82, 2.24) is 9.80 Å². The fourth-order valence-electron chi connectivity index (χ4n) is 2.33. The predicted molar refractivity (Wildman–Crippen MR) is 83.5 cm³/mol. The molecule has 9 heteroatoms. The zero-order valence-corrected chi connectivity index (χ0v) is 13.6. The molecule has 0 unspecified atom stereocenters. The summed E-state index contributed by atoms with van der Waals surface area (Å²) < 4.78 is 9.76. The predicted octanol–water partition coefficient (Wildman–Crippen LogP) is 1.08. The Hall–Kier alpha value is -3.10. The van der Waals surface area contributed by atoms with Crippen molar-refractivity contribution in [3.63, 3.8) is 0 Å². The highest BCUT2D eigenvalue weighted by molar-refractivity contribution is 5.99. The summed E-state index contributed by atoms with van der Waals surface area (Å²) in [5.41, 5.74) is 0.692. The summed E-state index contributed by atoms with van der Waals surface area (Å²) in [6, 6.07) is 6.42. The van der Waals surface area contributed by atoms with Crippen LogP contribution in [0.25, 0.3) is 0 Å². The van der Waals surface area contributed by atoms with Gasteiger partial charge in [0.25, 0.3) is 0 Å². The van der Waals surface area contributed by atoms with Crippen molar-refractivity contribution in [2.24, 2.45) is 0 Å². The van der Waals surface area contributed by atoms with E-state index in [1.807, 2.05) is 0 Å². The monoisotopic (exact) mass is 350 g/mol. The molecule has 1 aliphatic heterocycles. The summed E-state index contributed by atoms with van der Waals surface area (Å²) in [4.78, 5) is 48.8. The van der Waals surface area contributed by atoms with Crippen molar-refractivity contribution < 1.29 is 33.8 Å². The molecule has 1 aliphatic rings. The van der Waals surface area contributed by atoms with Crippen molar-refractivity contribution >= 4 is 24.1 Å². The first kappa shape index (κ1) is 18.2. The van der Waals surface area contributed by atoms with Gasteiger partial charge in [-0.25, -0.2) is 19.3 Å². The van der Waals surface area contributed by atoms with E-state index < -0.39 is 36.6 Å². The van der Waals surface area contributed by atoms with Gasteiger partial charge >= 0.3 is 24.1 Å². The average molecular weight is 350 g/mol. The summed E-state index contributed by atoms with van der Waals surface area (Å²) in [5, 5.41) is 9.25. The first-order valence-corrected chi connectivity index (χ1v) is 7.61. The van der Waals surface area contributed by atoms with Gasteiger partial charge in [0.1, 0.15) is 13.2 Å². The van der Waals surface area contributed by atoms with Crippen LogP contribution in [-0.2, 0) is 25.7 Å².